The highest BCUT2D eigenvalue weighted by atomic mass is 16.5. The molecule has 3 aliphatic rings. The molecule has 0 spiro atoms. The van der Waals surface area contributed by atoms with Crippen LogP contribution in [0.2, 0.25) is 0 Å². The van der Waals surface area contributed by atoms with Crippen LogP contribution in [0.3, 0.4) is 0 Å². The predicted molar refractivity (Wildman–Crippen MR) is 78.1 cm³/mol. The summed E-state index contributed by atoms with van der Waals surface area (Å²) in [4.78, 5) is 12.3. The highest BCUT2D eigenvalue weighted by Crippen LogP contribution is 2.51. The molecule has 4 nitrogen and oxygen atoms in total. The molecule has 1 heterocycles. The Labute approximate surface area is 121 Å². The zero-order chi connectivity index (χ0) is 14.3. The van der Waals surface area contributed by atoms with Crippen LogP contribution in [-0.2, 0) is 9.53 Å². The van der Waals surface area contributed by atoms with E-state index in [9.17, 15) is 4.79 Å². The molecule has 0 aromatic rings. The first-order chi connectivity index (χ1) is 9.50. The van der Waals surface area contributed by atoms with Crippen molar-refractivity contribution in [2.45, 2.75) is 70.6 Å². The number of carbonyl (C=O) groups excluding carboxylic acids is 1. The Bertz CT molecular complexity index is 383. The highest BCUT2D eigenvalue weighted by Gasteiger charge is 2.58. The maximum absolute atomic E-state index is 12.3. The smallest absolute Gasteiger partial charge is 0.220 e. The van der Waals surface area contributed by atoms with Crippen molar-refractivity contribution in [2.75, 3.05) is 6.61 Å². The number of amides is 1. The van der Waals surface area contributed by atoms with E-state index < -0.39 is 0 Å². The van der Waals surface area contributed by atoms with Crippen LogP contribution in [0.15, 0.2) is 0 Å². The molecule has 0 aromatic carbocycles. The summed E-state index contributed by atoms with van der Waals surface area (Å²) in [6.07, 6.45) is 6.59. The van der Waals surface area contributed by atoms with Gasteiger partial charge in [0.25, 0.3) is 0 Å². The van der Waals surface area contributed by atoms with E-state index in [1.165, 1.54) is 12.8 Å². The summed E-state index contributed by atoms with van der Waals surface area (Å²) in [6.45, 7) is 5.31. The maximum atomic E-state index is 12.3. The molecule has 3 fully saturated rings. The second-order valence-electron chi connectivity index (χ2n) is 7.52. The van der Waals surface area contributed by atoms with Crippen LogP contribution in [0.4, 0.5) is 0 Å². The van der Waals surface area contributed by atoms with Crippen molar-refractivity contribution in [3.63, 3.8) is 0 Å². The summed E-state index contributed by atoms with van der Waals surface area (Å²) in [5, 5.41) is 3.28. The quantitative estimate of drug-likeness (QED) is 0.829. The molecule has 3 unspecified atom stereocenters. The van der Waals surface area contributed by atoms with E-state index >= 15 is 0 Å². The van der Waals surface area contributed by atoms with Gasteiger partial charge in [0.05, 0.1) is 6.10 Å². The lowest BCUT2D eigenvalue weighted by atomic mass is 9.55. The molecule has 2 aliphatic carbocycles. The van der Waals surface area contributed by atoms with Crippen LogP contribution in [0.25, 0.3) is 0 Å². The van der Waals surface area contributed by atoms with Gasteiger partial charge in [-0.25, -0.2) is 0 Å². The fourth-order valence-corrected chi connectivity index (χ4v) is 4.60. The fraction of sp³-hybridized carbons (Fsp3) is 0.938. The standard InChI is InChI=1S/C16H28N2O2/c1-16(2)14(11-6-4-8-20-15(11)16)18-13(19)9-10-5-3-7-12(10)17/h10-12,14-15H,3-9,17H2,1-2H3,(H,18,19)/t10-,11?,12+,14?,15?/m0/s1. The van der Waals surface area contributed by atoms with Gasteiger partial charge in [-0.2, -0.15) is 0 Å². The lowest BCUT2D eigenvalue weighted by molar-refractivity contribution is -0.194. The van der Waals surface area contributed by atoms with Crippen molar-refractivity contribution >= 4 is 5.91 Å². The molecule has 5 atom stereocenters. The number of nitrogens with one attached hydrogen (secondary N) is 1. The Balaban J connectivity index is 1.55. The first-order valence-electron chi connectivity index (χ1n) is 8.16. The lowest BCUT2D eigenvalue weighted by Crippen LogP contribution is -2.70. The minimum Gasteiger partial charge on any atom is -0.377 e. The summed E-state index contributed by atoms with van der Waals surface area (Å²) in [5.74, 6) is 1.09. The van der Waals surface area contributed by atoms with E-state index in [0.29, 0.717) is 24.4 Å². The molecular weight excluding hydrogens is 252 g/mol. The minimum atomic E-state index is 0.0680. The third kappa shape index (κ3) is 2.37. The fourth-order valence-electron chi connectivity index (χ4n) is 4.60. The van der Waals surface area contributed by atoms with E-state index in [4.69, 9.17) is 10.5 Å². The van der Waals surface area contributed by atoms with Crippen LogP contribution in [0.5, 0.6) is 0 Å². The normalized spacial score (nSPS) is 42.6. The maximum Gasteiger partial charge on any atom is 0.220 e. The second-order valence-corrected chi connectivity index (χ2v) is 7.52. The van der Waals surface area contributed by atoms with Crippen molar-refractivity contribution in [1.29, 1.82) is 0 Å². The molecule has 1 saturated heterocycles. The first kappa shape index (κ1) is 14.3. The van der Waals surface area contributed by atoms with Crippen molar-refractivity contribution in [2.24, 2.45) is 23.0 Å². The van der Waals surface area contributed by atoms with Gasteiger partial charge >= 0.3 is 0 Å². The number of ether oxygens (including phenoxy) is 1. The predicted octanol–water partition coefficient (Wildman–Crippen LogP) is 1.82. The zero-order valence-corrected chi connectivity index (χ0v) is 12.7. The van der Waals surface area contributed by atoms with Gasteiger partial charge in [0.15, 0.2) is 0 Å². The largest absolute Gasteiger partial charge is 0.377 e. The average molecular weight is 280 g/mol. The molecule has 1 amide bonds. The number of rotatable bonds is 3. The Morgan fingerprint density at radius 1 is 1.30 bits per heavy atom. The zero-order valence-electron chi connectivity index (χ0n) is 12.7. The van der Waals surface area contributed by atoms with Crippen molar-refractivity contribution in [1.82, 2.24) is 5.32 Å². The molecule has 0 bridgehead atoms. The van der Waals surface area contributed by atoms with Gasteiger partial charge in [0.1, 0.15) is 0 Å². The van der Waals surface area contributed by atoms with Crippen LogP contribution in [-0.4, -0.2) is 30.7 Å². The Morgan fingerprint density at radius 2 is 2.10 bits per heavy atom. The van der Waals surface area contributed by atoms with Crippen molar-refractivity contribution in [3.8, 4) is 0 Å². The molecule has 4 heteroatoms. The van der Waals surface area contributed by atoms with Gasteiger partial charge in [-0.3, -0.25) is 4.79 Å². The monoisotopic (exact) mass is 280 g/mol. The topological polar surface area (TPSA) is 64.4 Å². The van der Waals surface area contributed by atoms with E-state index in [-0.39, 0.29) is 23.4 Å². The molecular formula is C16H28N2O2. The molecule has 3 rings (SSSR count). The molecule has 3 N–H and O–H groups in total. The summed E-state index contributed by atoms with van der Waals surface area (Å²) in [5.41, 5.74) is 6.13. The molecule has 0 radical (unpaired) electrons. The third-order valence-electron chi connectivity index (χ3n) is 5.81. The Morgan fingerprint density at radius 3 is 2.80 bits per heavy atom. The van der Waals surface area contributed by atoms with Crippen molar-refractivity contribution in [3.05, 3.63) is 0 Å². The number of carbonyl (C=O) groups is 1. The van der Waals surface area contributed by atoms with Gasteiger partial charge in [0.2, 0.25) is 5.91 Å². The molecule has 114 valence electrons. The third-order valence-corrected chi connectivity index (χ3v) is 5.81. The van der Waals surface area contributed by atoms with Gasteiger partial charge in [-0.05, 0) is 31.6 Å². The summed E-state index contributed by atoms with van der Waals surface area (Å²) in [6, 6.07) is 0.499. The number of fused-ring (bicyclic) bond motifs is 1. The van der Waals surface area contributed by atoms with Gasteiger partial charge in [-0.1, -0.05) is 20.3 Å². The van der Waals surface area contributed by atoms with Crippen LogP contribution >= 0.6 is 0 Å². The number of hydrogen-bond donors (Lipinski definition) is 2. The Kier molecular flexibility index (Phi) is 3.80. The molecule has 0 aromatic heterocycles. The van der Waals surface area contributed by atoms with Gasteiger partial charge in [0, 0.05) is 36.4 Å². The molecule has 2 saturated carbocycles. The average Bonchev–Trinajstić information content (AvgIpc) is 2.82. The van der Waals surface area contributed by atoms with Crippen molar-refractivity contribution < 1.29 is 9.53 Å². The molecule has 20 heavy (non-hydrogen) atoms. The van der Waals surface area contributed by atoms with E-state index in [1.54, 1.807) is 0 Å². The second kappa shape index (κ2) is 5.30. The molecule has 1 aliphatic heterocycles. The first-order valence-corrected chi connectivity index (χ1v) is 8.16. The van der Waals surface area contributed by atoms with Crippen LogP contribution < -0.4 is 11.1 Å². The summed E-state index contributed by atoms with van der Waals surface area (Å²) >= 11 is 0. The summed E-state index contributed by atoms with van der Waals surface area (Å²) in [7, 11) is 0. The number of hydrogen-bond acceptors (Lipinski definition) is 3. The highest BCUT2D eigenvalue weighted by molar-refractivity contribution is 5.77. The van der Waals surface area contributed by atoms with Gasteiger partial charge < -0.3 is 15.8 Å². The van der Waals surface area contributed by atoms with E-state index in [0.717, 1.165) is 25.9 Å². The van der Waals surface area contributed by atoms with Crippen LogP contribution in [0.1, 0.15) is 52.4 Å². The van der Waals surface area contributed by atoms with Crippen LogP contribution in [0, 0.1) is 17.3 Å². The van der Waals surface area contributed by atoms with E-state index in [1.807, 2.05) is 0 Å². The summed E-state index contributed by atoms with van der Waals surface area (Å²) < 4.78 is 5.88. The van der Waals surface area contributed by atoms with E-state index in [2.05, 4.69) is 19.2 Å². The SMILES string of the molecule is CC1(C)C(NC(=O)C[C@@H]2CCC[C@H]2N)C2CCCOC21. The van der Waals surface area contributed by atoms with Gasteiger partial charge in [-0.15, -0.1) is 0 Å². The Hall–Kier alpha value is -0.610. The number of nitrogens with two attached hydrogens (primary N) is 1. The minimum absolute atomic E-state index is 0.0680. The lowest BCUT2D eigenvalue weighted by Gasteiger charge is -2.59.